The van der Waals surface area contributed by atoms with Crippen LogP contribution in [0.25, 0.3) is 44.5 Å². The Morgan fingerprint density at radius 2 is 0.556 bits per heavy atom. The number of fused-ring (bicyclic) bond motifs is 20. The summed E-state index contributed by atoms with van der Waals surface area (Å²) in [6, 6.07) is 98.2. The molecule has 3 heteroatoms. The molecule has 4 aliphatic carbocycles. The maximum atomic E-state index is 16.9. The van der Waals surface area contributed by atoms with Crippen molar-refractivity contribution in [2.45, 2.75) is 10.8 Å². The van der Waals surface area contributed by atoms with Crippen molar-refractivity contribution in [2.75, 3.05) is 6.66 Å². The van der Waals surface area contributed by atoms with Crippen LogP contribution in [-0.4, -0.2) is 6.66 Å². The Kier molecular flexibility index (Phi) is 8.88. The molecule has 0 aliphatic heterocycles. The van der Waals surface area contributed by atoms with Crippen LogP contribution in [0.15, 0.2) is 267 Å². The molecular formula is C69H47OP2+. The van der Waals surface area contributed by atoms with Gasteiger partial charge in [-0.15, -0.1) is 0 Å². The molecule has 0 heterocycles. The smallest absolute Gasteiger partial charge is 0.171 e. The summed E-state index contributed by atoms with van der Waals surface area (Å²) >= 11 is 0. The van der Waals surface area contributed by atoms with Gasteiger partial charge in [-0.05, 0) is 144 Å². The molecule has 0 saturated carbocycles. The van der Waals surface area contributed by atoms with E-state index in [-0.39, 0.29) is 0 Å². The molecule has 15 rings (SSSR count). The van der Waals surface area contributed by atoms with Crippen molar-refractivity contribution in [3.63, 3.8) is 0 Å². The van der Waals surface area contributed by atoms with Gasteiger partial charge in [-0.1, -0.05) is 212 Å². The molecule has 0 radical (unpaired) electrons. The molecule has 0 N–H and O–H groups in total. The Morgan fingerprint density at radius 1 is 0.264 bits per heavy atom. The quantitative estimate of drug-likeness (QED) is 0.152. The first kappa shape index (κ1) is 41.8. The summed E-state index contributed by atoms with van der Waals surface area (Å²) in [6.07, 6.45) is 0. The number of benzene rings is 11. The van der Waals surface area contributed by atoms with E-state index < -0.39 is 25.2 Å². The molecular weight excluding hydrogens is 907 g/mol. The standard InChI is InChI=1S/C69H47OP2/c1-71(46-20-4-2-5-21-46,50-40-42-58-56-28-12-18-34-64(56)68(66(58)44-50)60-30-14-8-24-52(60)53-25-9-15-31-61(53)68)47-36-38-49(39-37-47)72(70,48-22-6-3-7-23-48)51-41-43-59-57-29-13-19-35-65(57)69(67(59)45-51)62-32-16-10-26-54(62)55-27-11-17-33-63(55)69/h2-45H,1H3/q+1. The number of rotatable bonds is 6. The Hall–Kier alpha value is -7.92. The summed E-state index contributed by atoms with van der Waals surface area (Å²) in [5.74, 6) is 0. The first-order valence-electron chi connectivity index (χ1n) is 25.1. The second-order valence-electron chi connectivity index (χ2n) is 20.0. The zero-order valence-electron chi connectivity index (χ0n) is 39.7. The second-order valence-corrected chi connectivity index (χ2v) is 26.4. The third kappa shape index (κ3) is 5.25. The molecule has 1 nitrogen and oxygen atoms in total. The summed E-state index contributed by atoms with van der Waals surface area (Å²) in [4.78, 5) is 0. The van der Waals surface area contributed by atoms with Crippen molar-refractivity contribution in [3.8, 4) is 44.5 Å². The highest BCUT2D eigenvalue weighted by Gasteiger charge is 2.54. The van der Waals surface area contributed by atoms with Crippen LogP contribution >= 0.6 is 14.4 Å². The summed E-state index contributed by atoms with van der Waals surface area (Å²) in [7, 11) is -5.77. The van der Waals surface area contributed by atoms with E-state index in [2.05, 4.69) is 255 Å². The van der Waals surface area contributed by atoms with Crippen LogP contribution in [0.5, 0.6) is 0 Å². The SMILES string of the molecule is C[P+](c1ccccc1)(c1ccc(P(=O)(c2ccccc2)c2ccc3c(c2)C2(c4ccccc4-c4ccccc42)c2ccccc2-3)cc1)c1ccc2c(c1)C1(c3ccccc3-c3ccccc31)c1ccccc1-2. The predicted octanol–water partition coefficient (Wildman–Crippen LogP) is 13.9. The van der Waals surface area contributed by atoms with Crippen LogP contribution in [-0.2, 0) is 15.4 Å². The van der Waals surface area contributed by atoms with Gasteiger partial charge in [-0.25, -0.2) is 0 Å². The average Bonchev–Trinajstić information content (AvgIpc) is 4.15. The Balaban J connectivity index is 0.917. The van der Waals surface area contributed by atoms with Crippen molar-refractivity contribution in [1.82, 2.24) is 0 Å². The minimum absolute atomic E-state index is 0.443. The van der Waals surface area contributed by atoms with Crippen LogP contribution in [0.4, 0.5) is 0 Å². The van der Waals surface area contributed by atoms with E-state index in [1.54, 1.807) is 0 Å². The largest absolute Gasteiger partial charge is 0.309 e. The zero-order valence-corrected chi connectivity index (χ0v) is 41.5. The fourth-order valence-electron chi connectivity index (χ4n) is 13.9. The van der Waals surface area contributed by atoms with Crippen LogP contribution < -0.4 is 31.8 Å². The molecule has 0 fully saturated rings. The molecule has 2 unspecified atom stereocenters. The third-order valence-corrected chi connectivity index (χ3v) is 24.0. The summed E-state index contributed by atoms with van der Waals surface area (Å²) in [6.45, 7) is 2.48. The van der Waals surface area contributed by atoms with Crippen LogP contribution in [0, 0.1) is 0 Å². The molecule has 0 saturated heterocycles. The fourth-order valence-corrected chi connectivity index (χ4v) is 19.7. The maximum Gasteiger partial charge on any atom is 0.171 e. The van der Waals surface area contributed by atoms with E-state index in [1.807, 2.05) is 18.2 Å². The lowest BCUT2D eigenvalue weighted by Crippen LogP contribution is -2.33. The van der Waals surface area contributed by atoms with Gasteiger partial charge in [0.25, 0.3) is 0 Å². The second kappa shape index (κ2) is 15.3. The monoisotopic (exact) mass is 953 g/mol. The van der Waals surface area contributed by atoms with E-state index in [1.165, 1.54) is 105 Å². The summed E-state index contributed by atoms with van der Waals surface area (Å²) < 4.78 is 16.9. The molecule has 72 heavy (non-hydrogen) atoms. The molecule has 11 aromatic rings. The highest BCUT2D eigenvalue weighted by molar-refractivity contribution is 7.95. The van der Waals surface area contributed by atoms with Crippen LogP contribution in [0.3, 0.4) is 0 Å². The van der Waals surface area contributed by atoms with Gasteiger partial charge in [-0.3, -0.25) is 0 Å². The van der Waals surface area contributed by atoms with E-state index in [0.717, 1.165) is 15.9 Å². The van der Waals surface area contributed by atoms with Gasteiger partial charge in [0.2, 0.25) is 0 Å². The van der Waals surface area contributed by atoms with E-state index >= 15 is 4.57 Å². The van der Waals surface area contributed by atoms with Crippen molar-refractivity contribution in [3.05, 3.63) is 311 Å². The molecule has 0 aromatic heterocycles. The molecule has 11 aromatic carbocycles. The number of hydrogen-bond donors (Lipinski definition) is 0. The molecule has 4 aliphatic rings. The molecule has 0 bridgehead atoms. The third-order valence-electron chi connectivity index (χ3n) is 17.0. The first-order valence-corrected chi connectivity index (χ1v) is 29.0. The molecule has 2 atom stereocenters. The lowest BCUT2D eigenvalue weighted by molar-refractivity contribution is 0.592. The minimum atomic E-state index is -3.46. The van der Waals surface area contributed by atoms with Gasteiger partial charge < -0.3 is 4.57 Å². The molecule has 0 amide bonds. The normalized spacial score (nSPS) is 15.8. The predicted molar refractivity (Wildman–Crippen MR) is 303 cm³/mol. The zero-order chi connectivity index (χ0) is 47.8. The van der Waals surface area contributed by atoms with E-state index in [0.29, 0.717) is 0 Å². The number of hydrogen-bond acceptors (Lipinski definition) is 1. The van der Waals surface area contributed by atoms with Gasteiger partial charge >= 0.3 is 0 Å². The van der Waals surface area contributed by atoms with Gasteiger partial charge in [0, 0.05) is 15.9 Å². The molecule has 338 valence electrons. The van der Waals surface area contributed by atoms with Crippen molar-refractivity contribution < 1.29 is 4.57 Å². The fraction of sp³-hybridized carbons (Fsp3) is 0.0435. The van der Waals surface area contributed by atoms with Gasteiger partial charge in [-0.2, -0.15) is 0 Å². The van der Waals surface area contributed by atoms with Gasteiger partial charge in [0.1, 0.15) is 23.2 Å². The van der Waals surface area contributed by atoms with Crippen molar-refractivity contribution in [2.24, 2.45) is 0 Å². The molecule has 2 spiro atoms. The van der Waals surface area contributed by atoms with Crippen LogP contribution in [0.2, 0.25) is 0 Å². The van der Waals surface area contributed by atoms with Gasteiger partial charge in [0.05, 0.1) is 17.5 Å². The van der Waals surface area contributed by atoms with Gasteiger partial charge in [0.15, 0.2) is 7.14 Å². The Labute approximate surface area is 421 Å². The Bertz CT molecular complexity index is 3970. The van der Waals surface area contributed by atoms with E-state index in [9.17, 15) is 0 Å². The topological polar surface area (TPSA) is 17.1 Å². The summed E-state index contributed by atoms with van der Waals surface area (Å²) in [5.41, 5.74) is 19.6. The lowest BCUT2D eigenvalue weighted by atomic mass is 9.70. The van der Waals surface area contributed by atoms with Crippen molar-refractivity contribution in [1.29, 1.82) is 0 Å². The first-order chi connectivity index (χ1) is 35.5. The van der Waals surface area contributed by atoms with Crippen LogP contribution in [0.1, 0.15) is 44.5 Å². The van der Waals surface area contributed by atoms with Crippen molar-refractivity contribution >= 4 is 46.2 Å². The lowest BCUT2D eigenvalue weighted by Gasteiger charge is -2.31. The highest BCUT2D eigenvalue weighted by Crippen LogP contribution is 2.65. The average molecular weight is 954 g/mol. The van der Waals surface area contributed by atoms with E-state index in [4.69, 9.17) is 0 Å². The summed E-state index contributed by atoms with van der Waals surface area (Å²) in [5, 5.41) is 6.38. The maximum absolute atomic E-state index is 16.9. The Morgan fingerprint density at radius 3 is 0.986 bits per heavy atom. The highest BCUT2D eigenvalue weighted by atomic mass is 31.2. The minimum Gasteiger partial charge on any atom is -0.309 e.